The number of carbonyl (C=O) groups excluding carboxylic acids is 1. The minimum Gasteiger partial charge on any atom is -0.334 e. The van der Waals surface area contributed by atoms with Gasteiger partial charge < -0.3 is 9.80 Å². The van der Waals surface area contributed by atoms with Crippen molar-refractivity contribution in [2.75, 3.05) is 26.7 Å². The number of hydrogen-bond donors (Lipinski definition) is 0. The van der Waals surface area contributed by atoms with Crippen molar-refractivity contribution in [2.45, 2.75) is 25.8 Å². The maximum absolute atomic E-state index is 14.0. The number of carbonyl (C=O) groups is 1. The van der Waals surface area contributed by atoms with Gasteiger partial charge in [-0.05, 0) is 54.5 Å². The minimum absolute atomic E-state index is 0.140. The van der Waals surface area contributed by atoms with Gasteiger partial charge in [-0.1, -0.05) is 13.0 Å². The first-order valence-electron chi connectivity index (χ1n) is 6.98. The number of hydrogen-bond acceptors (Lipinski definition) is 2. The molecule has 3 nitrogen and oxygen atoms in total. The molecule has 1 amide bonds. The van der Waals surface area contributed by atoms with Crippen LogP contribution in [0.3, 0.4) is 0 Å². The normalized spacial score (nSPS) is 20.8. The summed E-state index contributed by atoms with van der Waals surface area (Å²) in [6.45, 7) is 4.57. The van der Waals surface area contributed by atoms with E-state index in [0.29, 0.717) is 11.0 Å². The lowest BCUT2D eigenvalue weighted by atomic mass is 10.1. The van der Waals surface area contributed by atoms with Crippen molar-refractivity contribution >= 4 is 21.8 Å². The lowest BCUT2D eigenvalue weighted by Gasteiger charge is -2.30. The summed E-state index contributed by atoms with van der Waals surface area (Å²) in [5, 5.41) is 0. The molecule has 0 N–H and O–H groups in total. The molecule has 0 bridgehead atoms. The third-order valence-electron chi connectivity index (χ3n) is 3.81. The molecule has 1 heterocycles. The molecule has 0 aromatic heterocycles. The van der Waals surface area contributed by atoms with Crippen molar-refractivity contribution in [3.63, 3.8) is 0 Å². The Morgan fingerprint density at radius 1 is 1.45 bits per heavy atom. The van der Waals surface area contributed by atoms with Crippen LogP contribution in [0.5, 0.6) is 0 Å². The minimum atomic E-state index is -0.461. The highest BCUT2D eigenvalue weighted by Gasteiger charge is 2.29. The quantitative estimate of drug-likeness (QED) is 0.824. The Balaban J connectivity index is 2.30. The molecule has 0 aliphatic carbocycles. The summed E-state index contributed by atoms with van der Waals surface area (Å²) in [5.41, 5.74) is 0.149. The number of nitrogens with zero attached hydrogens (tertiary/aromatic N) is 2. The molecule has 1 aliphatic rings. The molecule has 2 rings (SSSR count). The summed E-state index contributed by atoms with van der Waals surface area (Å²) in [4.78, 5) is 16.8. The molecule has 0 spiro atoms. The van der Waals surface area contributed by atoms with E-state index in [1.165, 1.54) is 6.07 Å². The van der Waals surface area contributed by atoms with E-state index >= 15 is 0 Å². The highest BCUT2D eigenvalue weighted by Crippen LogP contribution is 2.24. The Morgan fingerprint density at radius 3 is 2.85 bits per heavy atom. The van der Waals surface area contributed by atoms with Gasteiger partial charge in [0.15, 0.2) is 0 Å². The fourth-order valence-electron chi connectivity index (χ4n) is 2.71. The van der Waals surface area contributed by atoms with Crippen LogP contribution in [0.1, 0.15) is 30.1 Å². The zero-order chi connectivity index (χ0) is 14.7. The molecule has 1 aromatic rings. The van der Waals surface area contributed by atoms with Crippen LogP contribution >= 0.6 is 15.9 Å². The van der Waals surface area contributed by atoms with Gasteiger partial charge in [0.1, 0.15) is 5.82 Å². The zero-order valence-corrected chi connectivity index (χ0v) is 13.5. The first-order valence-corrected chi connectivity index (χ1v) is 7.77. The van der Waals surface area contributed by atoms with Gasteiger partial charge >= 0.3 is 0 Å². The van der Waals surface area contributed by atoms with E-state index in [1.54, 1.807) is 12.1 Å². The van der Waals surface area contributed by atoms with E-state index in [2.05, 4.69) is 34.8 Å². The summed E-state index contributed by atoms with van der Waals surface area (Å²) in [5.74, 6) is -0.672. The largest absolute Gasteiger partial charge is 0.334 e. The van der Waals surface area contributed by atoms with Gasteiger partial charge in [-0.2, -0.15) is 0 Å². The van der Waals surface area contributed by atoms with Crippen LogP contribution in [0.15, 0.2) is 22.7 Å². The van der Waals surface area contributed by atoms with Crippen LogP contribution in [-0.2, 0) is 0 Å². The standard InChI is InChI=1S/C15H20BrFN2O/c1-3-11-10-18(2)8-5-9-19(11)15(20)14-12(16)6-4-7-13(14)17/h4,6-7,11H,3,5,8-10H2,1-2H3. The molecular formula is C15H20BrFN2O. The van der Waals surface area contributed by atoms with Crippen molar-refractivity contribution in [1.82, 2.24) is 9.80 Å². The molecule has 1 aromatic carbocycles. The van der Waals surface area contributed by atoms with Gasteiger partial charge in [0.05, 0.1) is 5.56 Å². The van der Waals surface area contributed by atoms with Gasteiger partial charge in [-0.25, -0.2) is 4.39 Å². The van der Waals surface area contributed by atoms with E-state index in [-0.39, 0.29) is 17.5 Å². The van der Waals surface area contributed by atoms with E-state index in [0.717, 1.165) is 25.9 Å². The van der Waals surface area contributed by atoms with Crippen molar-refractivity contribution in [2.24, 2.45) is 0 Å². The molecule has 1 fully saturated rings. The second kappa shape index (κ2) is 6.68. The second-order valence-corrected chi connectivity index (χ2v) is 6.13. The Bertz CT molecular complexity index is 475. The summed E-state index contributed by atoms with van der Waals surface area (Å²) in [6, 6.07) is 4.79. The highest BCUT2D eigenvalue weighted by molar-refractivity contribution is 9.10. The number of rotatable bonds is 2. The van der Waals surface area contributed by atoms with Crippen molar-refractivity contribution in [3.05, 3.63) is 34.1 Å². The summed E-state index contributed by atoms with van der Waals surface area (Å²) in [6.07, 6.45) is 1.80. The van der Waals surface area contributed by atoms with Gasteiger partial charge in [0.25, 0.3) is 5.91 Å². The van der Waals surface area contributed by atoms with Gasteiger partial charge in [-0.15, -0.1) is 0 Å². The van der Waals surface area contributed by atoms with E-state index in [1.807, 2.05) is 4.90 Å². The molecular weight excluding hydrogens is 323 g/mol. The fraction of sp³-hybridized carbons (Fsp3) is 0.533. The SMILES string of the molecule is CCC1CN(C)CCCN1C(=O)c1c(F)cccc1Br. The molecule has 110 valence electrons. The van der Waals surface area contributed by atoms with Crippen LogP contribution < -0.4 is 0 Å². The second-order valence-electron chi connectivity index (χ2n) is 5.27. The fourth-order valence-corrected chi connectivity index (χ4v) is 3.22. The third-order valence-corrected chi connectivity index (χ3v) is 4.47. The van der Waals surface area contributed by atoms with E-state index in [4.69, 9.17) is 0 Å². The van der Waals surface area contributed by atoms with Gasteiger partial charge in [0.2, 0.25) is 0 Å². The number of likely N-dealkylation sites (N-methyl/N-ethyl adjacent to an activating group) is 1. The summed E-state index contributed by atoms with van der Waals surface area (Å²) in [7, 11) is 2.07. The molecule has 1 saturated heterocycles. The Kier molecular flexibility index (Phi) is 5.16. The topological polar surface area (TPSA) is 23.6 Å². The van der Waals surface area contributed by atoms with Gasteiger partial charge in [0, 0.05) is 23.6 Å². The maximum Gasteiger partial charge on any atom is 0.258 e. The Morgan fingerprint density at radius 2 is 2.20 bits per heavy atom. The maximum atomic E-state index is 14.0. The predicted octanol–water partition coefficient (Wildman–Crippen LogP) is 3.14. The number of halogens is 2. The molecule has 20 heavy (non-hydrogen) atoms. The first-order chi connectivity index (χ1) is 9.54. The molecule has 5 heteroatoms. The highest BCUT2D eigenvalue weighted by atomic mass is 79.9. The van der Waals surface area contributed by atoms with E-state index in [9.17, 15) is 9.18 Å². The molecule has 0 saturated carbocycles. The third kappa shape index (κ3) is 3.20. The monoisotopic (exact) mass is 342 g/mol. The van der Waals surface area contributed by atoms with E-state index < -0.39 is 5.82 Å². The average Bonchev–Trinajstić information content (AvgIpc) is 2.59. The lowest BCUT2D eigenvalue weighted by molar-refractivity contribution is 0.0670. The lowest BCUT2D eigenvalue weighted by Crippen LogP contribution is -2.43. The Labute approximate surface area is 127 Å². The van der Waals surface area contributed by atoms with Crippen molar-refractivity contribution in [3.8, 4) is 0 Å². The molecule has 1 aliphatic heterocycles. The van der Waals surface area contributed by atoms with Crippen LogP contribution in [0.2, 0.25) is 0 Å². The van der Waals surface area contributed by atoms with Gasteiger partial charge in [-0.3, -0.25) is 4.79 Å². The molecule has 1 atom stereocenters. The van der Waals surface area contributed by atoms with Crippen LogP contribution in [0, 0.1) is 5.82 Å². The number of amides is 1. The van der Waals surface area contributed by atoms with Crippen LogP contribution in [-0.4, -0.2) is 48.4 Å². The summed E-state index contributed by atoms with van der Waals surface area (Å²) >= 11 is 3.29. The van der Waals surface area contributed by atoms with Crippen LogP contribution in [0.25, 0.3) is 0 Å². The summed E-state index contributed by atoms with van der Waals surface area (Å²) < 4.78 is 14.5. The zero-order valence-electron chi connectivity index (χ0n) is 11.9. The molecule has 0 radical (unpaired) electrons. The number of benzene rings is 1. The van der Waals surface area contributed by atoms with Crippen LogP contribution in [0.4, 0.5) is 4.39 Å². The first kappa shape index (κ1) is 15.4. The smallest absolute Gasteiger partial charge is 0.258 e. The van der Waals surface area contributed by atoms with Crippen molar-refractivity contribution < 1.29 is 9.18 Å². The molecule has 1 unspecified atom stereocenters. The Hall–Kier alpha value is -0.940. The van der Waals surface area contributed by atoms with Crippen molar-refractivity contribution in [1.29, 1.82) is 0 Å². The average molecular weight is 343 g/mol. The predicted molar refractivity (Wildman–Crippen MR) is 81.3 cm³/mol.